The molecule has 0 amide bonds. The number of anilines is 1. The Labute approximate surface area is 129 Å². The van der Waals surface area contributed by atoms with Crippen LogP contribution in [0.1, 0.15) is 13.8 Å². The van der Waals surface area contributed by atoms with Gasteiger partial charge in [0.05, 0.1) is 17.7 Å². The molecule has 1 aliphatic heterocycles. The number of ether oxygens (including phenoxy) is 1. The minimum atomic E-state index is -0.293. The minimum absolute atomic E-state index is 0.105. The third-order valence-electron chi connectivity index (χ3n) is 4.25. The van der Waals surface area contributed by atoms with E-state index in [4.69, 9.17) is 4.74 Å². The zero-order valence-electron chi connectivity index (χ0n) is 13.1. The summed E-state index contributed by atoms with van der Waals surface area (Å²) in [4.78, 5) is 10.8. The second-order valence-corrected chi connectivity index (χ2v) is 5.96. The molecule has 2 heterocycles. The van der Waals surface area contributed by atoms with Crippen molar-refractivity contribution in [2.24, 2.45) is 0 Å². The molecular weight excluding hydrogens is 283 g/mol. The molecule has 1 aliphatic rings. The molecule has 1 saturated heterocycles. The average molecular weight is 304 g/mol. The fourth-order valence-electron chi connectivity index (χ4n) is 2.92. The number of hydrogen-bond acceptors (Lipinski definition) is 5. The molecule has 1 fully saturated rings. The van der Waals surface area contributed by atoms with E-state index >= 15 is 0 Å². The van der Waals surface area contributed by atoms with E-state index in [0.29, 0.717) is 11.6 Å². The molecule has 118 valence electrons. The van der Waals surface area contributed by atoms with Crippen LogP contribution in [0.5, 0.6) is 0 Å². The van der Waals surface area contributed by atoms with Gasteiger partial charge in [0.1, 0.15) is 18.0 Å². The van der Waals surface area contributed by atoms with Crippen molar-refractivity contribution in [1.29, 1.82) is 0 Å². The molecule has 1 aromatic heterocycles. The molecule has 3 rings (SSSR count). The predicted octanol–water partition coefficient (Wildman–Crippen LogP) is 2.29. The Kier molecular flexibility index (Phi) is 4.22. The van der Waals surface area contributed by atoms with Gasteiger partial charge in [-0.3, -0.25) is 4.90 Å². The highest BCUT2D eigenvalue weighted by Crippen LogP contribution is 2.24. The van der Waals surface area contributed by atoms with Crippen LogP contribution in [-0.4, -0.2) is 53.3 Å². The van der Waals surface area contributed by atoms with Gasteiger partial charge in [-0.15, -0.1) is 0 Å². The van der Waals surface area contributed by atoms with Crippen LogP contribution in [0.2, 0.25) is 0 Å². The molecule has 2 aromatic rings. The van der Waals surface area contributed by atoms with Crippen LogP contribution < -0.4 is 5.32 Å². The zero-order valence-corrected chi connectivity index (χ0v) is 13.1. The number of methoxy groups -OCH3 is 1. The fraction of sp³-hybridized carbons (Fsp3) is 0.500. The molecule has 0 saturated carbocycles. The molecule has 0 aliphatic carbocycles. The largest absolute Gasteiger partial charge is 0.378 e. The summed E-state index contributed by atoms with van der Waals surface area (Å²) in [5.41, 5.74) is 0.602. The standard InChI is InChI=1S/C16H21FN4O/c1-10(2)21-7-14(15(8-21)22-3)20-16-12-5-4-11(17)6-13(12)18-9-19-16/h4-6,9-10,14-15H,7-8H2,1-3H3,(H,18,19,20)/t14-,15-/m1/s1. The number of halogens is 1. The van der Waals surface area contributed by atoms with Crippen molar-refractivity contribution in [1.82, 2.24) is 14.9 Å². The number of aromatic nitrogens is 2. The highest BCUT2D eigenvalue weighted by Gasteiger charge is 2.34. The Morgan fingerprint density at radius 2 is 2.14 bits per heavy atom. The monoisotopic (exact) mass is 304 g/mol. The highest BCUT2D eigenvalue weighted by molar-refractivity contribution is 5.88. The molecule has 0 bridgehead atoms. The molecule has 2 atom stereocenters. The first-order chi connectivity index (χ1) is 10.6. The van der Waals surface area contributed by atoms with Crippen LogP contribution in [0, 0.1) is 5.82 Å². The number of benzene rings is 1. The van der Waals surface area contributed by atoms with Crippen LogP contribution in [-0.2, 0) is 4.74 Å². The minimum Gasteiger partial charge on any atom is -0.378 e. The lowest BCUT2D eigenvalue weighted by molar-refractivity contribution is 0.0983. The predicted molar refractivity (Wildman–Crippen MR) is 84.4 cm³/mol. The molecule has 5 nitrogen and oxygen atoms in total. The average Bonchev–Trinajstić information content (AvgIpc) is 2.90. The number of rotatable bonds is 4. The van der Waals surface area contributed by atoms with Gasteiger partial charge in [-0.25, -0.2) is 14.4 Å². The van der Waals surface area contributed by atoms with Gasteiger partial charge in [-0.2, -0.15) is 0 Å². The van der Waals surface area contributed by atoms with Crippen LogP contribution in [0.4, 0.5) is 10.2 Å². The van der Waals surface area contributed by atoms with E-state index in [9.17, 15) is 4.39 Å². The van der Waals surface area contributed by atoms with Crippen molar-refractivity contribution in [3.63, 3.8) is 0 Å². The summed E-state index contributed by atoms with van der Waals surface area (Å²) in [5.74, 6) is 0.432. The van der Waals surface area contributed by atoms with Gasteiger partial charge in [-0.1, -0.05) is 0 Å². The smallest absolute Gasteiger partial charge is 0.137 e. The Morgan fingerprint density at radius 1 is 1.32 bits per heavy atom. The van der Waals surface area contributed by atoms with Crippen molar-refractivity contribution in [3.8, 4) is 0 Å². The first kappa shape index (κ1) is 15.1. The Balaban J connectivity index is 1.86. The van der Waals surface area contributed by atoms with Gasteiger partial charge in [0.2, 0.25) is 0 Å². The highest BCUT2D eigenvalue weighted by atomic mass is 19.1. The van der Waals surface area contributed by atoms with Gasteiger partial charge in [0, 0.05) is 37.7 Å². The molecule has 1 N–H and O–H groups in total. The van der Waals surface area contributed by atoms with Gasteiger partial charge in [0.25, 0.3) is 0 Å². The summed E-state index contributed by atoms with van der Waals surface area (Å²) in [7, 11) is 1.73. The second kappa shape index (κ2) is 6.14. The number of hydrogen-bond donors (Lipinski definition) is 1. The second-order valence-electron chi connectivity index (χ2n) is 5.96. The van der Waals surface area contributed by atoms with Gasteiger partial charge >= 0.3 is 0 Å². The summed E-state index contributed by atoms with van der Waals surface area (Å²) in [5, 5.41) is 4.27. The number of likely N-dealkylation sites (tertiary alicyclic amines) is 1. The number of fused-ring (bicyclic) bond motifs is 1. The van der Waals surface area contributed by atoms with E-state index < -0.39 is 0 Å². The number of nitrogens with zero attached hydrogens (tertiary/aromatic N) is 3. The lowest BCUT2D eigenvalue weighted by atomic mass is 10.2. The van der Waals surface area contributed by atoms with E-state index in [0.717, 1.165) is 24.3 Å². The van der Waals surface area contributed by atoms with Gasteiger partial charge < -0.3 is 10.1 Å². The van der Waals surface area contributed by atoms with Gasteiger partial charge in [-0.05, 0) is 26.0 Å². The molecule has 0 spiro atoms. The maximum Gasteiger partial charge on any atom is 0.137 e. The first-order valence-electron chi connectivity index (χ1n) is 7.52. The third-order valence-corrected chi connectivity index (χ3v) is 4.25. The lowest BCUT2D eigenvalue weighted by Crippen LogP contribution is -2.34. The molecular formula is C16H21FN4O. The molecule has 22 heavy (non-hydrogen) atoms. The van der Waals surface area contributed by atoms with Crippen molar-refractivity contribution in [2.45, 2.75) is 32.0 Å². The van der Waals surface area contributed by atoms with E-state index in [1.165, 1.54) is 18.5 Å². The quantitative estimate of drug-likeness (QED) is 0.939. The molecule has 0 radical (unpaired) electrons. The lowest BCUT2D eigenvalue weighted by Gasteiger charge is -2.20. The molecule has 0 unspecified atom stereocenters. The summed E-state index contributed by atoms with van der Waals surface area (Å²) < 4.78 is 18.9. The molecule has 6 heteroatoms. The van der Waals surface area contributed by atoms with Crippen LogP contribution in [0.15, 0.2) is 24.5 Å². The van der Waals surface area contributed by atoms with E-state index in [1.54, 1.807) is 13.2 Å². The SMILES string of the molecule is CO[C@@H]1CN(C(C)C)C[C@H]1Nc1ncnc2cc(F)ccc12. The topological polar surface area (TPSA) is 50.3 Å². The Morgan fingerprint density at radius 3 is 2.86 bits per heavy atom. The van der Waals surface area contributed by atoms with Crippen LogP contribution in [0.3, 0.4) is 0 Å². The van der Waals surface area contributed by atoms with E-state index in [1.807, 2.05) is 0 Å². The molecule has 1 aromatic carbocycles. The maximum atomic E-state index is 13.3. The summed E-state index contributed by atoms with van der Waals surface area (Å²) in [6.45, 7) is 6.14. The Hall–Kier alpha value is -1.79. The summed E-state index contributed by atoms with van der Waals surface area (Å²) >= 11 is 0. The number of nitrogens with one attached hydrogen (secondary N) is 1. The van der Waals surface area contributed by atoms with E-state index in [2.05, 4.69) is 34.0 Å². The zero-order chi connectivity index (χ0) is 15.7. The van der Waals surface area contributed by atoms with Crippen LogP contribution in [0.25, 0.3) is 10.9 Å². The fourth-order valence-corrected chi connectivity index (χ4v) is 2.92. The van der Waals surface area contributed by atoms with E-state index in [-0.39, 0.29) is 18.0 Å². The summed E-state index contributed by atoms with van der Waals surface area (Å²) in [6.07, 6.45) is 1.56. The third kappa shape index (κ3) is 2.89. The Bertz CT molecular complexity index is 664. The van der Waals surface area contributed by atoms with Crippen molar-refractivity contribution < 1.29 is 9.13 Å². The normalized spacial score (nSPS) is 22.6. The summed E-state index contributed by atoms with van der Waals surface area (Å²) in [6, 6.07) is 5.19. The van der Waals surface area contributed by atoms with Crippen LogP contribution >= 0.6 is 0 Å². The van der Waals surface area contributed by atoms with Crippen molar-refractivity contribution in [2.75, 3.05) is 25.5 Å². The van der Waals surface area contributed by atoms with Crippen molar-refractivity contribution >= 4 is 16.7 Å². The maximum absolute atomic E-state index is 13.3. The van der Waals surface area contributed by atoms with Crippen molar-refractivity contribution in [3.05, 3.63) is 30.3 Å². The first-order valence-corrected chi connectivity index (χ1v) is 7.52. The van der Waals surface area contributed by atoms with Gasteiger partial charge in [0.15, 0.2) is 0 Å².